The summed E-state index contributed by atoms with van der Waals surface area (Å²) >= 11 is 1.08. The number of thioether (sulfide) groups is 1. The van der Waals surface area contributed by atoms with E-state index in [1.165, 1.54) is 4.57 Å². The number of fused-ring (bicyclic) bond motifs is 1. The van der Waals surface area contributed by atoms with Crippen LogP contribution in [0.5, 0.6) is 0 Å². The first-order valence-electron chi connectivity index (χ1n) is 8.09. The molecule has 2 aromatic heterocycles. The Kier molecular flexibility index (Phi) is 5.51. The van der Waals surface area contributed by atoms with Crippen LogP contribution in [0.15, 0.2) is 52.4 Å². The Morgan fingerprint density at radius 1 is 1.15 bits per heavy atom. The average Bonchev–Trinajstić information content (AvgIpc) is 2.64. The second-order valence-corrected chi connectivity index (χ2v) is 6.66. The number of primary amides is 1. The number of rotatable bonds is 6. The number of hydrogen-bond donors (Lipinski definition) is 2. The molecule has 3 rings (SSSR count). The molecule has 0 aliphatic rings. The van der Waals surface area contributed by atoms with E-state index in [2.05, 4.69) is 15.3 Å². The second kappa shape index (κ2) is 8.00. The average molecular weight is 383 g/mol. The summed E-state index contributed by atoms with van der Waals surface area (Å²) < 4.78 is 1.39. The summed E-state index contributed by atoms with van der Waals surface area (Å²) in [6.07, 6.45) is 0. The van der Waals surface area contributed by atoms with E-state index < -0.39 is 5.91 Å². The van der Waals surface area contributed by atoms with Crippen LogP contribution in [-0.4, -0.2) is 38.6 Å². The summed E-state index contributed by atoms with van der Waals surface area (Å²) in [6.45, 7) is 1.59. The van der Waals surface area contributed by atoms with E-state index >= 15 is 0 Å². The molecule has 8 nitrogen and oxygen atoms in total. The molecule has 27 heavy (non-hydrogen) atoms. The fraction of sp³-hybridized carbons (Fsp3) is 0.167. The molecule has 2 heterocycles. The molecule has 9 heteroatoms. The van der Waals surface area contributed by atoms with Crippen LogP contribution < -0.4 is 16.6 Å². The van der Waals surface area contributed by atoms with Gasteiger partial charge in [-0.1, -0.05) is 30.0 Å². The number of pyridine rings is 1. The predicted molar refractivity (Wildman–Crippen MR) is 103 cm³/mol. The van der Waals surface area contributed by atoms with Gasteiger partial charge < -0.3 is 11.1 Å². The lowest BCUT2D eigenvalue weighted by Gasteiger charge is -2.12. The SMILES string of the molecule is Cc1cccc(-n2c(SCC(=O)NCC(N)=O)nc3ccccc3c2=O)n1. The molecule has 0 saturated heterocycles. The molecular formula is C18H17N5O3S. The zero-order valence-corrected chi connectivity index (χ0v) is 15.3. The lowest BCUT2D eigenvalue weighted by Crippen LogP contribution is -2.34. The number of nitrogens with two attached hydrogens (primary N) is 1. The molecule has 0 aliphatic heterocycles. The number of nitrogens with zero attached hydrogens (tertiary/aromatic N) is 3. The van der Waals surface area contributed by atoms with Gasteiger partial charge in [0.2, 0.25) is 11.8 Å². The van der Waals surface area contributed by atoms with Crippen LogP contribution in [0.25, 0.3) is 16.7 Å². The quantitative estimate of drug-likeness (QED) is 0.479. The number of carbonyl (C=O) groups excluding carboxylic acids is 2. The monoisotopic (exact) mass is 383 g/mol. The van der Waals surface area contributed by atoms with Crippen LogP contribution in [0.4, 0.5) is 0 Å². The molecule has 0 saturated carbocycles. The summed E-state index contributed by atoms with van der Waals surface area (Å²) in [6, 6.07) is 12.3. The van der Waals surface area contributed by atoms with Crippen LogP contribution >= 0.6 is 11.8 Å². The number of amides is 2. The highest BCUT2D eigenvalue weighted by atomic mass is 32.2. The minimum atomic E-state index is -0.627. The zero-order chi connectivity index (χ0) is 19.4. The largest absolute Gasteiger partial charge is 0.368 e. The van der Waals surface area contributed by atoms with E-state index in [0.29, 0.717) is 21.9 Å². The summed E-state index contributed by atoms with van der Waals surface area (Å²) in [5.41, 5.74) is 6.04. The van der Waals surface area contributed by atoms with Gasteiger partial charge in [0.1, 0.15) is 5.82 Å². The topological polar surface area (TPSA) is 120 Å². The molecule has 3 aromatic rings. The minimum Gasteiger partial charge on any atom is -0.368 e. The Labute approximate surface area is 158 Å². The normalized spacial score (nSPS) is 10.7. The minimum absolute atomic E-state index is 0.0239. The highest BCUT2D eigenvalue weighted by molar-refractivity contribution is 7.99. The molecule has 2 amide bonds. The van der Waals surface area contributed by atoms with Gasteiger partial charge in [0, 0.05) is 5.69 Å². The molecule has 138 valence electrons. The van der Waals surface area contributed by atoms with Crippen LogP contribution in [-0.2, 0) is 9.59 Å². The van der Waals surface area contributed by atoms with Crippen molar-refractivity contribution in [1.29, 1.82) is 0 Å². The van der Waals surface area contributed by atoms with Crippen LogP contribution in [0.2, 0.25) is 0 Å². The molecule has 1 aromatic carbocycles. The third-order valence-electron chi connectivity index (χ3n) is 3.64. The van der Waals surface area contributed by atoms with Gasteiger partial charge in [-0.05, 0) is 31.2 Å². The first-order chi connectivity index (χ1) is 13.0. The molecule has 0 bridgehead atoms. The Morgan fingerprint density at radius 2 is 1.93 bits per heavy atom. The highest BCUT2D eigenvalue weighted by Gasteiger charge is 2.15. The summed E-state index contributed by atoms with van der Waals surface area (Å²) in [5, 5.41) is 3.21. The standard InChI is InChI=1S/C18H17N5O3S/c1-11-5-4-8-15(21-11)23-17(26)12-6-2-3-7-13(12)22-18(23)27-10-16(25)20-9-14(19)24/h2-8H,9-10H2,1H3,(H2,19,24)(H,20,25). The number of benzene rings is 1. The van der Waals surface area contributed by atoms with E-state index in [-0.39, 0.29) is 23.8 Å². The highest BCUT2D eigenvalue weighted by Crippen LogP contribution is 2.20. The van der Waals surface area contributed by atoms with Crippen molar-refractivity contribution in [2.45, 2.75) is 12.1 Å². The number of aryl methyl sites for hydroxylation is 1. The van der Waals surface area contributed by atoms with Gasteiger partial charge in [-0.15, -0.1) is 0 Å². The summed E-state index contributed by atoms with van der Waals surface area (Å²) in [4.78, 5) is 44.6. The molecule has 0 fully saturated rings. The van der Waals surface area contributed by atoms with Crippen LogP contribution in [0.1, 0.15) is 5.69 Å². The Balaban J connectivity index is 2.02. The Bertz CT molecular complexity index is 1080. The van der Waals surface area contributed by atoms with Crippen molar-refractivity contribution in [2.75, 3.05) is 12.3 Å². The number of aromatic nitrogens is 3. The third-order valence-corrected chi connectivity index (χ3v) is 4.58. The number of nitrogens with one attached hydrogen (secondary N) is 1. The van der Waals surface area contributed by atoms with E-state index in [9.17, 15) is 14.4 Å². The zero-order valence-electron chi connectivity index (χ0n) is 14.5. The first kappa shape index (κ1) is 18.6. The third kappa shape index (κ3) is 4.32. The number of carbonyl (C=O) groups is 2. The molecule has 3 N–H and O–H groups in total. The van der Waals surface area contributed by atoms with Crippen molar-refractivity contribution in [2.24, 2.45) is 5.73 Å². The van der Waals surface area contributed by atoms with E-state index in [0.717, 1.165) is 17.5 Å². The number of hydrogen-bond acceptors (Lipinski definition) is 6. The molecule has 0 unspecified atom stereocenters. The van der Waals surface area contributed by atoms with Gasteiger partial charge in [-0.3, -0.25) is 14.4 Å². The van der Waals surface area contributed by atoms with Gasteiger partial charge >= 0.3 is 0 Å². The fourth-order valence-corrected chi connectivity index (χ4v) is 3.26. The van der Waals surface area contributed by atoms with Gasteiger partial charge in [-0.2, -0.15) is 0 Å². The lowest BCUT2D eigenvalue weighted by atomic mass is 10.2. The van der Waals surface area contributed by atoms with Gasteiger partial charge in [0.15, 0.2) is 5.16 Å². The van der Waals surface area contributed by atoms with Crippen LogP contribution in [0, 0.1) is 6.92 Å². The lowest BCUT2D eigenvalue weighted by molar-refractivity contribution is -0.123. The van der Waals surface area contributed by atoms with Crippen molar-refractivity contribution in [1.82, 2.24) is 19.9 Å². The van der Waals surface area contributed by atoms with Crippen molar-refractivity contribution in [3.63, 3.8) is 0 Å². The summed E-state index contributed by atoms with van der Waals surface area (Å²) in [7, 11) is 0. The van der Waals surface area contributed by atoms with E-state index in [4.69, 9.17) is 5.73 Å². The molecular weight excluding hydrogens is 366 g/mol. The number of para-hydroxylation sites is 1. The van der Waals surface area contributed by atoms with Crippen molar-refractivity contribution in [3.8, 4) is 5.82 Å². The Hall–Kier alpha value is -3.20. The maximum atomic E-state index is 13.0. The Morgan fingerprint density at radius 3 is 2.67 bits per heavy atom. The molecule has 0 radical (unpaired) electrons. The maximum Gasteiger partial charge on any atom is 0.267 e. The maximum absolute atomic E-state index is 13.0. The van der Waals surface area contributed by atoms with E-state index in [1.807, 2.05) is 13.0 Å². The fourth-order valence-electron chi connectivity index (χ4n) is 2.43. The predicted octanol–water partition coefficient (Wildman–Crippen LogP) is 0.783. The molecule has 0 atom stereocenters. The van der Waals surface area contributed by atoms with Gasteiger partial charge in [0.05, 0.1) is 23.2 Å². The van der Waals surface area contributed by atoms with Crippen molar-refractivity contribution >= 4 is 34.5 Å². The van der Waals surface area contributed by atoms with Gasteiger partial charge in [-0.25, -0.2) is 14.5 Å². The second-order valence-electron chi connectivity index (χ2n) is 5.72. The van der Waals surface area contributed by atoms with Crippen LogP contribution in [0.3, 0.4) is 0 Å². The van der Waals surface area contributed by atoms with Crippen molar-refractivity contribution < 1.29 is 9.59 Å². The molecule has 0 aliphatic carbocycles. The first-order valence-corrected chi connectivity index (χ1v) is 9.08. The van der Waals surface area contributed by atoms with Crippen molar-refractivity contribution in [3.05, 3.63) is 58.5 Å². The summed E-state index contributed by atoms with van der Waals surface area (Å²) in [5.74, 6) is -0.606. The van der Waals surface area contributed by atoms with Gasteiger partial charge in [0.25, 0.3) is 5.56 Å². The smallest absolute Gasteiger partial charge is 0.267 e. The molecule has 0 spiro atoms. The van der Waals surface area contributed by atoms with E-state index in [1.54, 1.807) is 36.4 Å².